The molecule has 1 atom stereocenters. The van der Waals surface area contributed by atoms with Crippen LogP contribution in [0, 0.1) is 0 Å². The Morgan fingerprint density at radius 3 is 2.47 bits per heavy atom. The van der Waals surface area contributed by atoms with Gasteiger partial charge in [-0.2, -0.15) is 0 Å². The first-order valence-corrected chi connectivity index (χ1v) is 6.29. The highest BCUT2D eigenvalue weighted by molar-refractivity contribution is 5.64. The van der Waals surface area contributed by atoms with Crippen LogP contribution >= 0.6 is 0 Å². The maximum atomic E-state index is 3.43. The van der Waals surface area contributed by atoms with Gasteiger partial charge in [0.15, 0.2) is 0 Å². The zero-order valence-electron chi connectivity index (χ0n) is 9.89. The highest BCUT2D eigenvalue weighted by atomic mass is 14.9. The van der Waals surface area contributed by atoms with E-state index in [4.69, 9.17) is 0 Å². The molecule has 1 nitrogen and oxygen atoms in total. The lowest BCUT2D eigenvalue weighted by Crippen LogP contribution is -2.07. The molecule has 1 heterocycles. The summed E-state index contributed by atoms with van der Waals surface area (Å²) < 4.78 is 0. The van der Waals surface area contributed by atoms with Crippen molar-refractivity contribution in [2.45, 2.75) is 12.3 Å². The molecule has 0 spiro atoms. The fourth-order valence-corrected chi connectivity index (χ4v) is 2.54. The third-order valence-corrected chi connectivity index (χ3v) is 3.53. The van der Waals surface area contributed by atoms with Crippen molar-refractivity contribution in [2.75, 3.05) is 13.1 Å². The molecule has 2 aromatic rings. The summed E-state index contributed by atoms with van der Waals surface area (Å²) in [7, 11) is 0. The van der Waals surface area contributed by atoms with Gasteiger partial charge in [-0.1, -0.05) is 54.6 Å². The molecule has 0 radical (unpaired) electrons. The van der Waals surface area contributed by atoms with Gasteiger partial charge in [-0.05, 0) is 35.6 Å². The third-order valence-electron chi connectivity index (χ3n) is 3.53. The van der Waals surface area contributed by atoms with Crippen LogP contribution in [0.15, 0.2) is 54.6 Å². The smallest absolute Gasteiger partial charge is 0.00206 e. The molecule has 2 aromatic carbocycles. The molecule has 1 unspecified atom stereocenters. The summed E-state index contributed by atoms with van der Waals surface area (Å²) in [6.45, 7) is 2.28. The van der Waals surface area contributed by atoms with E-state index < -0.39 is 0 Å². The Balaban J connectivity index is 1.94. The topological polar surface area (TPSA) is 12.0 Å². The van der Waals surface area contributed by atoms with Crippen molar-refractivity contribution in [3.8, 4) is 11.1 Å². The van der Waals surface area contributed by atoms with Crippen molar-refractivity contribution in [1.29, 1.82) is 0 Å². The standard InChI is InChI=1S/C16H17N/c1-2-5-13(6-3-1)14-7-4-8-15(11-14)16-9-10-17-12-16/h1-8,11,16-17H,9-10,12H2. The largest absolute Gasteiger partial charge is 0.316 e. The predicted molar refractivity (Wildman–Crippen MR) is 72.1 cm³/mol. The molecular weight excluding hydrogens is 206 g/mol. The summed E-state index contributed by atoms with van der Waals surface area (Å²) in [5, 5.41) is 3.43. The van der Waals surface area contributed by atoms with E-state index in [0.717, 1.165) is 13.1 Å². The minimum Gasteiger partial charge on any atom is -0.316 e. The zero-order valence-corrected chi connectivity index (χ0v) is 9.89. The first kappa shape index (κ1) is 10.5. The van der Waals surface area contributed by atoms with Crippen LogP contribution in [0.1, 0.15) is 17.9 Å². The molecule has 1 saturated heterocycles. The molecule has 1 fully saturated rings. The molecule has 1 aliphatic heterocycles. The van der Waals surface area contributed by atoms with Gasteiger partial charge in [-0.25, -0.2) is 0 Å². The summed E-state index contributed by atoms with van der Waals surface area (Å²) in [5.41, 5.74) is 4.10. The molecule has 1 aliphatic rings. The lowest BCUT2D eigenvalue weighted by molar-refractivity contribution is 0.764. The minimum atomic E-state index is 0.693. The molecule has 0 aromatic heterocycles. The van der Waals surface area contributed by atoms with Crippen molar-refractivity contribution < 1.29 is 0 Å². The van der Waals surface area contributed by atoms with Crippen molar-refractivity contribution in [3.63, 3.8) is 0 Å². The summed E-state index contributed by atoms with van der Waals surface area (Å²) in [5.74, 6) is 0.693. The van der Waals surface area contributed by atoms with Gasteiger partial charge in [0.1, 0.15) is 0 Å². The molecular formula is C16H17N. The van der Waals surface area contributed by atoms with Crippen LogP contribution in [-0.2, 0) is 0 Å². The summed E-state index contributed by atoms with van der Waals surface area (Å²) >= 11 is 0. The SMILES string of the molecule is c1ccc(-c2cccc(C3CCNC3)c2)cc1. The summed E-state index contributed by atoms with van der Waals surface area (Å²) in [6, 6.07) is 19.6. The van der Waals surface area contributed by atoms with Gasteiger partial charge < -0.3 is 5.32 Å². The van der Waals surface area contributed by atoms with Gasteiger partial charge in [0.25, 0.3) is 0 Å². The second-order valence-corrected chi connectivity index (χ2v) is 4.68. The Bertz CT molecular complexity index is 484. The highest BCUT2D eigenvalue weighted by Crippen LogP contribution is 2.27. The molecule has 0 aliphatic carbocycles. The minimum absolute atomic E-state index is 0.693. The molecule has 0 saturated carbocycles. The van der Waals surface area contributed by atoms with Crippen molar-refractivity contribution >= 4 is 0 Å². The first-order valence-electron chi connectivity index (χ1n) is 6.29. The van der Waals surface area contributed by atoms with E-state index in [2.05, 4.69) is 59.9 Å². The van der Waals surface area contributed by atoms with Crippen LogP contribution in [0.25, 0.3) is 11.1 Å². The molecule has 17 heavy (non-hydrogen) atoms. The Morgan fingerprint density at radius 1 is 0.882 bits per heavy atom. The van der Waals surface area contributed by atoms with Crippen LogP contribution in [0.2, 0.25) is 0 Å². The Hall–Kier alpha value is -1.60. The monoisotopic (exact) mass is 223 g/mol. The second kappa shape index (κ2) is 4.72. The van der Waals surface area contributed by atoms with E-state index >= 15 is 0 Å². The Labute approximate surface area is 102 Å². The highest BCUT2D eigenvalue weighted by Gasteiger charge is 2.16. The van der Waals surface area contributed by atoms with Crippen LogP contribution in [0.3, 0.4) is 0 Å². The fraction of sp³-hybridized carbons (Fsp3) is 0.250. The zero-order chi connectivity index (χ0) is 11.5. The molecule has 3 rings (SSSR count). The fourth-order valence-electron chi connectivity index (χ4n) is 2.54. The average Bonchev–Trinajstić information content (AvgIpc) is 2.94. The molecule has 0 amide bonds. The van der Waals surface area contributed by atoms with E-state index in [-0.39, 0.29) is 0 Å². The summed E-state index contributed by atoms with van der Waals surface area (Å²) in [4.78, 5) is 0. The van der Waals surface area contributed by atoms with E-state index in [1.54, 1.807) is 0 Å². The van der Waals surface area contributed by atoms with Crippen LogP contribution in [0.5, 0.6) is 0 Å². The number of rotatable bonds is 2. The summed E-state index contributed by atoms with van der Waals surface area (Å²) in [6.07, 6.45) is 1.26. The molecule has 1 heteroatoms. The van der Waals surface area contributed by atoms with Crippen LogP contribution < -0.4 is 5.32 Å². The van der Waals surface area contributed by atoms with Crippen molar-refractivity contribution in [1.82, 2.24) is 5.32 Å². The van der Waals surface area contributed by atoms with Gasteiger partial charge in [-0.15, -0.1) is 0 Å². The van der Waals surface area contributed by atoms with E-state index in [9.17, 15) is 0 Å². The average molecular weight is 223 g/mol. The number of nitrogens with one attached hydrogen (secondary N) is 1. The van der Waals surface area contributed by atoms with Crippen molar-refractivity contribution in [3.05, 3.63) is 60.2 Å². The normalized spacial score (nSPS) is 19.4. The van der Waals surface area contributed by atoms with Gasteiger partial charge in [0.05, 0.1) is 0 Å². The predicted octanol–water partition coefficient (Wildman–Crippen LogP) is 3.43. The lowest BCUT2D eigenvalue weighted by atomic mass is 9.94. The number of benzene rings is 2. The van der Waals surface area contributed by atoms with E-state index in [1.165, 1.54) is 23.1 Å². The van der Waals surface area contributed by atoms with Gasteiger partial charge in [-0.3, -0.25) is 0 Å². The van der Waals surface area contributed by atoms with Crippen LogP contribution in [-0.4, -0.2) is 13.1 Å². The maximum Gasteiger partial charge on any atom is 0.00206 e. The maximum absolute atomic E-state index is 3.43. The van der Waals surface area contributed by atoms with Gasteiger partial charge >= 0.3 is 0 Å². The molecule has 1 N–H and O–H groups in total. The second-order valence-electron chi connectivity index (χ2n) is 4.68. The van der Waals surface area contributed by atoms with Gasteiger partial charge in [0.2, 0.25) is 0 Å². The quantitative estimate of drug-likeness (QED) is 0.822. The van der Waals surface area contributed by atoms with E-state index in [1.807, 2.05) is 0 Å². The van der Waals surface area contributed by atoms with Gasteiger partial charge in [0, 0.05) is 6.54 Å². The Morgan fingerprint density at radius 2 is 1.71 bits per heavy atom. The Kier molecular flexibility index (Phi) is 2.93. The number of hydrogen-bond acceptors (Lipinski definition) is 1. The number of hydrogen-bond donors (Lipinski definition) is 1. The first-order chi connectivity index (χ1) is 8.43. The lowest BCUT2D eigenvalue weighted by Gasteiger charge is -2.10. The molecule has 86 valence electrons. The van der Waals surface area contributed by atoms with E-state index in [0.29, 0.717) is 5.92 Å². The van der Waals surface area contributed by atoms with Crippen molar-refractivity contribution in [2.24, 2.45) is 0 Å². The third kappa shape index (κ3) is 2.25. The molecule has 0 bridgehead atoms. The van der Waals surface area contributed by atoms with Crippen LogP contribution in [0.4, 0.5) is 0 Å².